The van der Waals surface area contributed by atoms with E-state index in [1.165, 1.54) is 16.9 Å². The molecule has 6 aliphatic rings. The summed E-state index contributed by atoms with van der Waals surface area (Å²) in [6.07, 6.45) is 6.71. The number of aliphatic hydroxyl groups is 1. The number of nitrogens with one attached hydrogen (secondary N) is 2. The van der Waals surface area contributed by atoms with Gasteiger partial charge in [0.25, 0.3) is 0 Å². The minimum absolute atomic E-state index is 0.0119. The molecule has 0 saturated carbocycles. The molecule has 2 bridgehead atoms. The fourth-order valence-corrected chi connectivity index (χ4v) is 14.0. The number of anilines is 2. The van der Waals surface area contributed by atoms with Gasteiger partial charge in [-0.25, -0.2) is 4.98 Å². The van der Waals surface area contributed by atoms with Crippen LogP contribution in [0.3, 0.4) is 0 Å². The number of pyridine rings is 1. The van der Waals surface area contributed by atoms with Crippen LogP contribution in [0.4, 0.5) is 11.6 Å². The molecule has 0 radical (unpaired) electrons. The monoisotopic (exact) mass is 1070 g/mol. The van der Waals surface area contributed by atoms with E-state index in [1.807, 2.05) is 88.9 Å². The van der Waals surface area contributed by atoms with Crippen molar-refractivity contribution in [1.82, 2.24) is 45.5 Å². The molecule has 0 spiro atoms. The van der Waals surface area contributed by atoms with Crippen LogP contribution >= 0.6 is 11.3 Å². The number of carbonyl (C=O) groups excluding carboxylic acids is 2. The molecule has 7 atom stereocenters. The summed E-state index contributed by atoms with van der Waals surface area (Å²) in [5.41, 5.74) is 9.70. The molecule has 3 aromatic carbocycles. The van der Waals surface area contributed by atoms with Gasteiger partial charge >= 0.3 is 6.01 Å². The topological polar surface area (TPSA) is 198 Å². The summed E-state index contributed by atoms with van der Waals surface area (Å²) in [5, 5.41) is 36.1. The second kappa shape index (κ2) is 21.5. The van der Waals surface area contributed by atoms with Gasteiger partial charge in [-0.1, -0.05) is 68.4 Å². The number of phenolic OH excluding ortho intramolecular Hbond substituents is 1. The zero-order valence-electron chi connectivity index (χ0n) is 45.5. The number of aryl methyl sites for hydroxylation is 1. The van der Waals surface area contributed by atoms with Gasteiger partial charge in [-0.3, -0.25) is 19.5 Å². The summed E-state index contributed by atoms with van der Waals surface area (Å²) in [5.74, 6) is 1.25. The number of piperazine rings is 1. The Kier molecular flexibility index (Phi) is 14.3. The number of fused-ring (bicyclic) bond motifs is 8. The predicted octanol–water partition coefficient (Wildman–Crippen LogP) is 8.57. The summed E-state index contributed by atoms with van der Waals surface area (Å²) >= 11 is 1.60. The Balaban J connectivity index is 0.679. The first kappa shape index (κ1) is 52.0. The second-order valence-electron chi connectivity index (χ2n) is 23.0. The van der Waals surface area contributed by atoms with E-state index in [0.717, 1.165) is 131 Å². The lowest BCUT2D eigenvalue weighted by molar-refractivity contribution is -0.141. The molecule has 13 rings (SSSR count). The van der Waals surface area contributed by atoms with Crippen LogP contribution in [0.1, 0.15) is 112 Å². The third-order valence-corrected chi connectivity index (χ3v) is 18.4. The number of phenols is 1. The molecule has 5 saturated heterocycles. The Morgan fingerprint density at radius 2 is 1.83 bits per heavy atom. The minimum atomic E-state index is -0.819. The van der Waals surface area contributed by atoms with E-state index in [9.17, 15) is 19.8 Å². The summed E-state index contributed by atoms with van der Waals surface area (Å²) in [7, 11) is 2.02. The highest BCUT2D eigenvalue weighted by Crippen LogP contribution is 2.49. The average Bonchev–Trinajstić information content (AvgIpc) is 4.12. The quantitative estimate of drug-likeness (QED) is 0.0761. The number of likely N-dealkylation sites (tertiary alicyclic amines) is 2. The van der Waals surface area contributed by atoms with E-state index >= 15 is 0 Å². The van der Waals surface area contributed by atoms with Gasteiger partial charge in [-0.15, -0.1) is 11.3 Å². The Bertz CT molecular complexity index is 3350. The fourth-order valence-electron chi connectivity index (χ4n) is 13.2. The number of ether oxygens (including phenoxy) is 1. The smallest absolute Gasteiger partial charge is 0.319 e. The molecule has 7 aromatic rings. The van der Waals surface area contributed by atoms with Gasteiger partial charge < -0.3 is 44.8 Å². The number of thiazole rings is 1. The van der Waals surface area contributed by atoms with Crippen LogP contribution in [0.5, 0.6) is 11.8 Å². The molecule has 4 aromatic heterocycles. The Morgan fingerprint density at radius 1 is 1.01 bits per heavy atom. The SMILES string of the molecule is Cc1ncsc1-c1ccc([C@H](C)NC(=O)[C@@H]2C[C@@H](O)CN2C(=O)[C@H](c2cc(N(C)CC3CCN(CCOc4nc(N5CC6CCCC5CN6)c5cnc6c(c5n4)C(C)c4cccc5cc(O)cc-6c45)CC3)no2)C(C)C)cc1. The number of hydrogen-bond acceptors (Lipinski definition) is 16. The molecule has 78 heavy (non-hydrogen) atoms. The number of β-amino-alcohol motifs (C(OH)–C–C–N with tert-alkyl or cyclic N) is 1. The maximum atomic E-state index is 14.5. The van der Waals surface area contributed by atoms with Gasteiger partial charge in [0.05, 0.1) is 44.8 Å². The number of benzene rings is 3. The average molecular weight is 1070 g/mol. The molecule has 5 fully saturated rings. The van der Waals surface area contributed by atoms with Gasteiger partial charge in [0.15, 0.2) is 11.6 Å². The molecule has 1 aliphatic carbocycles. The van der Waals surface area contributed by atoms with Crippen molar-refractivity contribution in [3.8, 4) is 33.5 Å². The number of aromatic hydroxyl groups is 1. The Labute approximate surface area is 459 Å². The van der Waals surface area contributed by atoms with Crippen molar-refractivity contribution in [2.24, 2.45) is 11.8 Å². The third-order valence-electron chi connectivity index (χ3n) is 17.4. The van der Waals surface area contributed by atoms with Crippen molar-refractivity contribution < 1.29 is 29.1 Å². The number of hydrogen-bond donors (Lipinski definition) is 4. The molecule has 5 aliphatic heterocycles. The van der Waals surface area contributed by atoms with Gasteiger partial charge in [0.1, 0.15) is 30.1 Å². The number of aromatic nitrogens is 5. The van der Waals surface area contributed by atoms with Crippen LogP contribution in [0.15, 0.2) is 76.9 Å². The summed E-state index contributed by atoms with van der Waals surface area (Å²) in [4.78, 5) is 58.0. The first-order valence-electron chi connectivity index (χ1n) is 28.0. The maximum absolute atomic E-state index is 14.5. The van der Waals surface area contributed by atoms with Crippen molar-refractivity contribution in [3.05, 3.63) is 101 Å². The third kappa shape index (κ3) is 9.93. The molecule has 18 heteroatoms. The first-order valence-corrected chi connectivity index (χ1v) is 28.9. The summed E-state index contributed by atoms with van der Waals surface area (Å²) in [6, 6.07) is 19.9. The largest absolute Gasteiger partial charge is 0.508 e. The highest BCUT2D eigenvalue weighted by molar-refractivity contribution is 7.13. The van der Waals surface area contributed by atoms with Crippen molar-refractivity contribution in [3.63, 3.8) is 0 Å². The number of nitrogens with zero attached hydrogens (tertiary/aromatic N) is 9. The minimum Gasteiger partial charge on any atom is -0.508 e. The highest BCUT2D eigenvalue weighted by atomic mass is 32.1. The van der Waals surface area contributed by atoms with E-state index in [2.05, 4.69) is 60.6 Å². The predicted molar refractivity (Wildman–Crippen MR) is 303 cm³/mol. The molecular weight excluding hydrogens is 1000 g/mol. The van der Waals surface area contributed by atoms with Crippen LogP contribution in [-0.4, -0.2) is 141 Å². The van der Waals surface area contributed by atoms with Crippen molar-refractivity contribution in [1.29, 1.82) is 0 Å². The van der Waals surface area contributed by atoms with Crippen LogP contribution < -0.4 is 25.2 Å². The number of aliphatic hydroxyl groups excluding tert-OH is 1. The normalized spacial score (nSPS) is 22.2. The Morgan fingerprint density at radius 3 is 2.62 bits per heavy atom. The van der Waals surface area contributed by atoms with Crippen LogP contribution in [0, 0.1) is 18.8 Å². The lowest BCUT2D eigenvalue weighted by atomic mass is 9.79. The van der Waals surface area contributed by atoms with Crippen LogP contribution in [-0.2, 0) is 9.59 Å². The first-order chi connectivity index (χ1) is 37.8. The van der Waals surface area contributed by atoms with Crippen molar-refractivity contribution in [2.45, 2.75) is 115 Å². The molecule has 4 N–H and O–H groups in total. The lowest BCUT2D eigenvalue weighted by Gasteiger charge is -2.39. The van der Waals surface area contributed by atoms with Gasteiger partial charge in [0, 0.05) is 87.6 Å². The molecule has 408 valence electrons. The number of rotatable bonds is 15. The summed E-state index contributed by atoms with van der Waals surface area (Å²) < 4.78 is 12.5. The van der Waals surface area contributed by atoms with Crippen molar-refractivity contribution >= 4 is 56.5 Å². The highest BCUT2D eigenvalue weighted by Gasteiger charge is 2.44. The van der Waals surface area contributed by atoms with E-state index in [1.54, 1.807) is 11.3 Å². The van der Waals surface area contributed by atoms with Crippen molar-refractivity contribution in [2.75, 3.05) is 69.3 Å². The summed E-state index contributed by atoms with van der Waals surface area (Å²) in [6.45, 7) is 15.8. The van der Waals surface area contributed by atoms with E-state index in [0.29, 0.717) is 42.2 Å². The lowest BCUT2D eigenvalue weighted by Crippen LogP contribution is -2.54. The van der Waals surface area contributed by atoms with E-state index in [4.69, 9.17) is 24.2 Å². The second-order valence-corrected chi connectivity index (χ2v) is 23.8. The fraction of sp³-hybridized carbons (Fsp3) is 0.483. The molecular formula is C60H71N11O6S. The standard InChI is InChI=1S/C60H71N11O6S/c1-33(2)51(59(75)71-31-44(73)25-48(71)58(74)64-35(4)38-13-15-39(16-14-38)56-36(5)63-32-78-56)49-26-50(67-77-49)68(6)29-37-17-19-69(20-18-37)21-22-76-60-65-55-47(57(66-60)70-30-41-10-8-11-42(70)27-61-41)28-62-54-46-24-43(72)23-40-9-7-12-45(53(40)46)34(3)52(54)55/h7,9,12-16,23-24,26,28,32-35,37,41-42,44,48,51,61,72-73H,8,10-11,17-22,25,27,29-31H2,1-6H3,(H,64,74)/t34?,35-,41?,42?,44+,48-,51-/m0/s1. The molecule has 3 unspecified atom stereocenters. The number of piperidine rings is 1. The maximum Gasteiger partial charge on any atom is 0.319 e. The molecule has 2 amide bonds. The zero-order chi connectivity index (χ0) is 53.9. The number of carbonyl (C=O) groups is 2. The van der Waals surface area contributed by atoms with Gasteiger partial charge in [-0.2, -0.15) is 9.97 Å². The van der Waals surface area contributed by atoms with Crippen LogP contribution in [0.25, 0.3) is 43.4 Å². The van der Waals surface area contributed by atoms with E-state index in [-0.39, 0.29) is 48.4 Å². The molecule has 9 heterocycles. The Hall–Kier alpha value is -6.73. The number of amides is 2. The molecule has 17 nitrogen and oxygen atoms in total. The van der Waals surface area contributed by atoms with E-state index < -0.39 is 18.1 Å². The zero-order valence-corrected chi connectivity index (χ0v) is 46.3. The van der Waals surface area contributed by atoms with Crippen LogP contribution in [0.2, 0.25) is 0 Å². The van der Waals surface area contributed by atoms with Gasteiger partial charge in [-0.05, 0) is 110 Å². The van der Waals surface area contributed by atoms with Gasteiger partial charge in [0.2, 0.25) is 11.8 Å².